The Morgan fingerprint density at radius 1 is 1.36 bits per heavy atom. The van der Waals surface area contributed by atoms with Crippen LogP contribution in [0.3, 0.4) is 0 Å². The number of carbonyl (C=O) groups excluding carboxylic acids is 2. The molecule has 0 aliphatic carbocycles. The molecule has 2 N–H and O–H groups in total. The Balaban J connectivity index is 2.19. The van der Waals surface area contributed by atoms with Crippen molar-refractivity contribution in [2.75, 3.05) is 13.1 Å². The van der Waals surface area contributed by atoms with Crippen molar-refractivity contribution in [3.8, 4) is 0 Å². The first kappa shape index (κ1) is 10.2. The van der Waals surface area contributed by atoms with Gasteiger partial charge in [0.15, 0.2) is 0 Å². The van der Waals surface area contributed by atoms with Gasteiger partial charge in [0.25, 0.3) is 0 Å². The van der Waals surface area contributed by atoms with Gasteiger partial charge in [0.1, 0.15) is 0 Å². The van der Waals surface area contributed by atoms with Crippen molar-refractivity contribution in [2.24, 2.45) is 0 Å². The molecule has 0 aromatic carbocycles. The predicted molar refractivity (Wildman–Crippen MR) is 49.7 cm³/mol. The molecule has 0 atom stereocenters. The molecular formula is C8H12N4O2. The maximum Gasteiger partial charge on any atom is 0.342 e. The molecule has 0 aliphatic rings. The molecule has 0 spiro atoms. The molecule has 1 aromatic heterocycles. The Bertz CT molecular complexity index is 307. The van der Waals surface area contributed by atoms with Crippen LogP contribution in [0, 0.1) is 0 Å². The fourth-order valence-electron chi connectivity index (χ4n) is 0.878. The number of amides is 2. The van der Waals surface area contributed by atoms with E-state index in [1.54, 1.807) is 12.3 Å². The quantitative estimate of drug-likeness (QED) is 0.644. The largest absolute Gasteiger partial charge is 0.355 e. The van der Waals surface area contributed by atoms with E-state index in [4.69, 9.17) is 0 Å². The molecule has 0 radical (unpaired) electrons. The van der Waals surface area contributed by atoms with Crippen LogP contribution in [-0.2, 0) is 4.79 Å². The Morgan fingerprint density at radius 2 is 2.07 bits per heavy atom. The first-order valence-corrected chi connectivity index (χ1v) is 4.22. The van der Waals surface area contributed by atoms with Crippen LogP contribution in [0.15, 0.2) is 18.5 Å². The van der Waals surface area contributed by atoms with E-state index in [0.29, 0.717) is 13.1 Å². The lowest BCUT2D eigenvalue weighted by molar-refractivity contribution is -0.118. The second-order valence-corrected chi connectivity index (χ2v) is 2.67. The summed E-state index contributed by atoms with van der Waals surface area (Å²) in [5.41, 5.74) is 0. The Hall–Kier alpha value is -1.85. The van der Waals surface area contributed by atoms with Gasteiger partial charge in [-0.1, -0.05) is 0 Å². The molecule has 14 heavy (non-hydrogen) atoms. The molecule has 2 amide bonds. The van der Waals surface area contributed by atoms with Gasteiger partial charge in [0.2, 0.25) is 5.91 Å². The van der Waals surface area contributed by atoms with Crippen molar-refractivity contribution < 1.29 is 9.59 Å². The van der Waals surface area contributed by atoms with Crippen LogP contribution < -0.4 is 10.6 Å². The average molecular weight is 196 g/mol. The van der Waals surface area contributed by atoms with E-state index >= 15 is 0 Å². The van der Waals surface area contributed by atoms with Crippen LogP contribution in [0.1, 0.15) is 6.92 Å². The lowest BCUT2D eigenvalue weighted by atomic mass is 10.6. The topological polar surface area (TPSA) is 76.0 Å². The summed E-state index contributed by atoms with van der Waals surface area (Å²) in [6.07, 6.45) is 3.07. The van der Waals surface area contributed by atoms with Gasteiger partial charge >= 0.3 is 6.03 Å². The molecule has 0 bridgehead atoms. The number of hydrogen-bond donors (Lipinski definition) is 2. The molecule has 76 valence electrons. The lowest BCUT2D eigenvalue weighted by Crippen LogP contribution is -2.36. The number of aromatic nitrogens is 2. The molecule has 1 heterocycles. The first-order chi connectivity index (χ1) is 6.70. The molecular weight excluding hydrogens is 184 g/mol. The Kier molecular flexibility index (Phi) is 3.66. The third-order valence-electron chi connectivity index (χ3n) is 1.49. The van der Waals surface area contributed by atoms with Crippen molar-refractivity contribution in [1.29, 1.82) is 0 Å². The maximum atomic E-state index is 11.2. The van der Waals surface area contributed by atoms with Gasteiger partial charge in [-0.3, -0.25) is 4.79 Å². The van der Waals surface area contributed by atoms with Crippen molar-refractivity contribution in [2.45, 2.75) is 6.92 Å². The van der Waals surface area contributed by atoms with E-state index in [9.17, 15) is 9.59 Å². The minimum Gasteiger partial charge on any atom is -0.355 e. The number of rotatable bonds is 3. The van der Waals surface area contributed by atoms with Gasteiger partial charge in [0, 0.05) is 32.4 Å². The normalized spacial score (nSPS) is 9.50. The summed E-state index contributed by atoms with van der Waals surface area (Å²) in [5.74, 6) is -0.113. The summed E-state index contributed by atoms with van der Waals surface area (Å²) < 4.78 is 1.19. The minimum atomic E-state index is -0.305. The van der Waals surface area contributed by atoms with E-state index < -0.39 is 0 Å². The summed E-state index contributed by atoms with van der Waals surface area (Å²) in [6.45, 7) is 2.23. The second kappa shape index (κ2) is 5.00. The van der Waals surface area contributed by atoms with Crippen molar-refractivity contribution in [1.82, 2.24) is 20.4 Å². The average Bonchev–Trinajstić information content (AvgIpc) is 2.64. The summed E-state index contributed by atoms with van der Waals surface area (Å²) in [4.78, 5) is 21.7. The van der Waals surface area contributed by atoms with E-state index in [1.165, 1.54) is 17.8 Å². The number of nitrogens with zero attached hydrogens (tertiary/aromatic N) is 2. The van der Waals surface area contributed by atoms with Crippen LogP contribution in [0.25, 0.3) is 0 Å². The van der Waals surface area contributed by atoms with E-state index in [2.05, 4.69) is 15.7 Å². The number of carbonyl (C=O) groups is 2. The molecule has 0 saturated carbocycles. The molecule has 1 rings (SSSR count). The lowest BCUT2D eigenvalue weighted by Gasteiger charge is -2.04. The van der Waals surface area contributed by atoms with Crippen molar-refractivity contribution in [3.05, 3.63) is 18.5 Å². The summed E-state index contributed by atoms with van der Waals surface area (Å²) in [5, 5.41) is 8.90. The molecule has 1 aromatic rings. The van der Waals surface area contributed by atoms with Gasteiger partial charge in [-0.2, -0.15) is 9.78 Å². The highest BCUT2D eigenvalue weighted by Gasteiger charge is 2.01. The Labute approximate surface area is 81.3 Å². The van der Waals surface area contributed by atoms with Crippen LogP contribution in [-0.4, -0.2) is 34.8 Å². The maximum absolute atomic E-state index is 11.2. The van der Waals surface area contributed by atoms with E-state index in [0.717, 1.165) is 0 Å². The third kappa shape index (κ3) is 3.26. The van der Waals surface area contributed by atoms with Crippen molar-refractivity contribution >= 4 is 11.9 Å². The smallest absolute Gasteiger partial charge is 0.342 e. The van der Waals surface area contributed by atoms with Crippen molar-refractivity contribution in [3.63, 3.8) is 0 Å². The molecule has 0 aliphatic heterocycles. The minimum absolute atomic E-state index is 0.113. The molecule has 0 fully saturated rings. The zero-order chi connectivity index (χ0) is 10.4. The third-order valence-corrected chi connectivity index (χ3v) is 1.49. The zero-order valence-electron chi connectivity index (χ0n) is 7.86. The van der Waals surface area contributed by atoms with E-state index in [-0.39, 0.29) is 11.9 Å². The van der Waals surface area contributed by atoms with Gasteiger partial charge < -0.3 is 10.6 Å². The second-order valence-electron chi connectivity index (χ2n) is 2.67. The summed E-state index contributed by atoms with van der Waals surface area (Å²) in [7, 11) is 0. The van der Waals surface area contributed by atoms with Crippen LogP contribution in [0.5, 0.6) is 0 Å². The summed E-state index contributed by atoms with van der Waals surface area (Å²) >= 11 is 0. The van der Waals surface area contributed by atoms with Gasteiger partial charge in [-0.25, -0.2) is 4.79 Å². The summed E-state index contributed by atoms with van der Waals surface area (Å²) in [6, 6.07) is 1.35. The molecule has 6 nitrogen and oxygen atoms in total. The number of nitrogens with one attached hydrogen (secondary N) is 2. The monoisotopic (exact) mass is 196 g/mol. The highest BCUT2D eigenvalue weighted by Crippen LogP contribution is 1.82. The fraction of sp³-hybridized carbons (Fsp3) is 0.375. The molecule has 0 unspecified atom stereocenters. The fourth-order valence-corrected chi connectivity index (χ4v) is 0.878. The number of hydrogen-bond acceptors (Lipinski definition) is 3. The van der Waals surface area contributed by atoms with E-state index in [1.807, 2.05) is 0 Å². The van der Waals surface area contributed by atoms with Crippen LogP contribution >= 0.6 is 0 Å². The zero-order valence-corrected chi connectivity index (χ0v) is 7.86. The Morgan fingerprint density at radius 3 is 2.64 bits per heavy atom. The van der Waals surface area contributed by atoms with Gasteiger partial charge in [0.05, 0.1) is 0 Å². The standard InChI is InChI=1S/C8H12N4O2/c1-7(13)9-4-5-10-8(14)12-6-2-3-11-12/h2-3,6H,4-5H2,1H3,(H,9,13)(H,10,14). The highest BCUT2D eigenvalue weighted by atomic mass is 16.2. The molecule has 6 heteroatoms. The predicted octanol–water partition coefficient (Wildman–Crippen LogP) is -0.423. The van der Waals surface area contributed by atoms with Gasteiger partial charge in [-0.05, 0) is 6.07 Å². The van der Waals surface area contributed by atoms with Crippen LogP contribution in [0.2, 0.25) is 0 Å². The SMILES string of the molecule is CC(=O)NCCNC(=O)n1cccn1. The first-order valence-electron chi connectivity index (χ1n) is 4.22. The van der Waals surface area contributed by atoms with Gasteiger partial charge in [-0.15, -0.1) is 0 Å². The molecule has 0 saturated heterocycles. The highest BCUT2D eigenvalue weighted by molar-refractivity contribution is 5.75. The van der Waals surface area contributed by atoms with Crippen LogP contribution in [0.4, 0.5) is 4.79 Å².